The molecule has 1 saturated heterocycles. The molecule has 0 bridgehead atoms. The Bertz CT molecular complexity index is 1650. The highest BCUT2D eigenvalue weighted by molar-refractivity contribution is 5.82. The summed E-state index contributed by atoms with van der Waals surface area (Å²) in [7, 11) is 3.06. The summed E-state index contributed by atoms with van der Waals surface area (Å²) in [5, 5.41) is 13.1. The molecule has 11 nitrogen and oxygen atoms in total. The van der Waals surface area contributed by atoms with E-state index < -0.39 is 54.5 Å². The average molecular weight is 641 g/mol. The van der Waals surface area contributed by atoms with Gasteiger partial charge in [0.15, 0.2) is 6.23 Å². The number of anilines is 1. The lowest BCUT2D eigenvalue weighted by atomic mass is 9.80. The number of aliphatic hydroxyl groups excluding tert-OH is 1. The van der Waals surface area contributed by atoms with E-state index in [-0.39, 0.29) is 5.82 Å². The molecule has 242 valence electrons. The van der Waals surface area contributed by atoms with Crippen LogP contribution < -0.4 is 26.2 Å². The molecule has 3 aromatic carbocycles. The maximum absolute atomic E-state index is 13.3. The van der Waals surface area contributed by atoms with Gasteiger partial charge in [0.05, 0.1) is 20.8 Å². The van der Waals surface area contributed by atoms with E-state index in [1.165, 1.54) is 20.3 Å². The van der Waals surface area contributed by atoms with Crippen LogP contribution in [0.25, 0.3) is 0 Å². The van der Waals surface area contributed by atoms with Crippen LogP contribution in [0.15, 0.2) is 95.9 Å². The molecule has 0 aliphatic carbocycles. The normalized spacial score (nSPS) is 19.9. The van der Waals surface area contributed by atoms with E-state index in [9.17, 15) is 27.9 Å². The third kappa shape index (κ3) is 6.40. The fourth-order valence-electron chi connectivity index (χ4n) is 5.41. The number of hydrogen-bond donors (Lipinski definition) is 3. The minimum atomic E-state index is -5.27. The number of carbonyl (C=O) groups is 1. The lowest BCUT2D eigenvalue weighted by molar-refractivity contribution is -0.175. The Kier molecular flexibility index (Phi) is 9.32. The first kappa shape index (κ1) is 32.5. The summed E-state index contributed by atoms with van der Waals surface area (Å²) in [4.78, 5) is 28.3. The van der Waals surface area contributed by atoms with Gasteiger partial charge in [-0.2, -0.15) is 18.2 Å². The number of aromatic nitrogens is 2. The van der Waals surface area contributed by atoms with Crippen molar-refractivity contribution in [3.8, 4) is 11.5 Å². The van der Waals surface area contributed by atoms with Crippen molar-refractivity contribution in [2.75, 3.05) is 26.6 Å². The molecule has 1 aliphatic rings. The highest BCUT2D eigenvalue weighted by atomic mass is 19.4. The van der Waals surface area contributed by atoms with Crippen LogP contribution in [-0.4, -0.2) is 65.8 Å². The molecule has 14 heteroatoms. The van der Waals surface area contributed by atoms with Gasteiger partial charge in [-0.1, -0.05) is 54.6 Å². The first-order valence-electron chi connectivity index (χ1n) is 14.0. The molecule has 1 aliphatic heterocycles. The number of ether oxygens (including phenoxy) is 4. The van der Waals surface area contributed by atoms with Gasteiger partial charge in [-0.3, -0.25) is 9.36 Å². The molecule has 1 amide bonds. The number of amides is 1. The zero-order valence-electron chi connectivity index (χ0n) is 24.7. The van der Waals surface area contributed by atoms with Crippen LogP contribution in [0.2, 0.25) is 0 Å². The number of halogens is 3. The van der Waals surface area contributed by atoms with Crippen molar-refractivity contribution in [2.24, 2.45) is 0 Å². The topological polar surface area (TPSA) is 147 Å². The number of nitrogen functional groups attached to an aromatic ring is 1. The Morgan fingerprint density at radius 3 is 1.98 bits per heavy atom. The molecule has 5 rings (SSSR count). The zero-order chi connectivity index (χ0) is 33.1. The lowest BCUT2D eigenvalue weighted by Gasteiger charge is -2.37. The molecule has 46 heavy (non-hydrogen) atoms. The third-order valence-electron chi connectivity index (χ3n) is 7.69. The Morgan fingerprint density at radius 1 is 0.935 bits per heavy atom. The number of aliphatic hydroxyl groups is 1. The summed E-state index contributed by atoms with van der Waals surface area (Å²) in [5.74, 6) is -1.28. The van der Waals surface area contributed by atoms with Gasteiger partial charge >= 0.3 is 17.8 Å². The number of benzene rings is 3. The van der Waals surface area contributed by atoms with Crippen LogP contribution in [0.4, 0.5) is 19.0 Å². The summed E-state index contributed by atoms with van der Waals surface area (Å²) >= 11 is 0. The third-order valence-corrected chi connectivity index (χ3v) is 7.69. The number of nitrogens with one attached hydrogen (secondary N) is 1. The predicted molar refractivity (Wildman–Crippen MR) is 159 cm³/mol. The molecule has 4 N–H and O–H groups in total. The van der Waals surface area contributed by atoms with Gasteiger partial charge in [0.25, 0.3) is 0 Å². The Hall–Kier alpha value is -4.92. The van der Waals surface area contributed by atoms with Crippen LogP contribution in [0.5, 0.6) is 11.5 Å². The van der Waals surface area contributed by atoms with Gasteiger partial charge in [-0.25, -0.2) is 4.79 Å². The highest BCUT2D eigenvalue weighted by Gasteiger charge is 2.51. The van der Waals surface area contributed by atoms with E-state index in [4.69, 9.17) is 24.7 Å². The minimum Gasteiger partial charge on any atom is -0.497 e. The van der Waals surface area contributed by atoms with Crippen LogP contribution in [0.1, 0.15) is 22.9 Å². The van der Waals surface area contributed by atoms with Crippen molar-refractivity contribution in [3.05, 3.63) is 118 Å². The van der Waals surface area contributed by atoms with Gasteiger partial charge < -0.3 is 35.1 Å². The highest BCUT2D eigenvalue weighted by Crippen LogP contribution is 2.43. The van der Waals surface area contributed by atoms with Gasteiger partial charge in [0, 0.05) is 6.20 Å². The van der Waals surface area contributed by atoms with Crippen LogP contribution >= 0.6 is 0 Å². The fraction of sp³-hybridized carbons (Fsp3) is 0.281. The van der Waals surface area contributed by atoms with Crippen molar-refractivity contribution < 1.29 is 42.0 Å². The molecule has 0 unspecified atom stereocenters. The van der Waals surface area contributed by atoms with Crippen LogP contribution in [0, 0.1) is 0 Å². The number of rotatable bonds is 10. The van der Waals surface area contributed by atoms with E-state index in [0.717, 1.165) is 10.8 Å². The van der Waals surface area contributed by atoms with Crippen molar-refractivity contribution in [1.29, 1.82) is 0 Å². The van der Waals surface area contributed by atoms with Gasteiger partial charge in [-0.05, 0) is 47.0 Å². The van der Waals surface area contributed by atoms with Gasteiger partial charge in [0.2, 0.25) is 0 Å². The molecule has 1 fully saturated rings. The summed E-state index contributed by atoms with van der Waals surface area (Å²) < 4.78 is 64.1. The summed E-state index contributed by atoms with van der Waals surface area (Å²) in [6, 6.07) is 22.9. The number of nitrogens with two attached hydrogens (primary N) is 1. The Balaban J connectivity index is 1.58. The average Bonchev–Trinajstić information content (AvgIpc) is 3.36. The first-order chi connectivity index (χ1) is 22.0. The van der Waals surface area contributed by atoms with Crippen molar-refractivity contribution in [1.82, 2.24) is 14.9 Å². The zero-order valence-corrected chi connectivity index (χ0v) is 24.7. The molecule has 0 spiro atoms. The molecular formula is C32H31F3N4O7. The number of nitrogens with zero attached hydrogens (tertiary/aromatic N) is 2. The monoisotopic (exact) mass is 640 g/mol. The molecule has 0 saturated carbocycles. The molecule has 1 aromatic heterocycles. The van der Waals surface area contributed by atoms with Gasteiger partial charge in [-0.15, -0.1) is 0 Å². The predicted octanol–water partition coefficient (Wildman–Crippen LogP) is 3.16. The molecule has 4 atom stereocenters. The largest absolute Gasteiger partial charge is 0.497 e. The second kappa shape index (κ2) is 13.2. The SMILES string of the molecule is COc1ccc(C(OC[C@H]2O[C@@H](n3ccc(N)nc3=O)[C@H](NC(=O)C(F)(F)F)[C@@H]2O)(c2ccccc2)c2ccc(OC)cc2)cc1. The number of hydrogen-bond acceptors (Lipinski definition) is 9. The first-order valence-corrected chi connectivity index (χ1v) is 14.0. The maximum atomic E-state index is 13.3. The minimum absolute atomic E-state index is 0.137. The van der Waals surface area contributed by atoms with Crippen molar-refractivity contribution >= 4 is 11.7 Å². The van der Waals surface area contributed by atoms with Crippen molar-refractivity contribution in [2.45, 2.75) is 36.3 Å². The van der Waals surface area contributed by atoms with E-state index in [2.05, 4.69) is 4.98 Å². The second-order valence-electron chi connectivity index (χ2n) is 10.4. The van der Waals surface area contributed by atoms with E-state index in [0.29, 0.717) is 28.2 Å². The summed E-state index contributed by atoms with van der Waals surface area (Å²) in [5.41, 5.74) is 5.24. The van der Waals surface area contributed by atoms with E-state index in [1.54, 1.807) is 53.8 Å². The summed E-state index contributed by atoms with van der Waals surface area (Å²) in [6.45, 7) is -0.403. The van der Waals surface area contributed by atoms with E-state index >= 15 is 0 Å². The van der Waals surface area contributed by atoms with Crippen LogP contribution in [0.3, 0.4) is 0 Å². The van der Waals surface area contributed by atoms with Crippen molar-refractivity contribution in [3.63, 3.8) is 0 Å². The number of alkyl halides is 3. The standard InChI is InChI=1S/C32H31F3N4O7/c1-43-22-12-8-20(9-13-22)31(19-6-4-3-5-7-19,21-10-14-23(44-2)15-11-21)45-18-24-27(40)26(38-29(41)32(33,34)35)28(46-24)39-17-16-25(36)37-30(39)42/h3-17,24,26-28,40H,18H2,1-2H3,(H,38,41)(H2,36,37,42)/t24-,26-,27-,28-/m1/s1. The smallest absolute Gasteiger partial charge is 0.471 e. The number of methoxy groups -OCH3 is 2. The number of carbonyl (C=O) groups excluding carboxylic acids is 1. The molecule has 0 radical (unpaired) electrons. The second-order valence-corrected chi connectivity index (χ2v) is 10.4. The maximum Gasteiger partial charge on any atom is 0.471 e. The fourth-order valence-corrected chi connectivity index (χ4v) is 5.41. The Labute approximate surface area is 261 Å². The van der Waals surface area contributed by atoms with Gasteiger partial charge in [0.1, 0.15) is 41.2 Å². The summed E-state index contributed by atoms with van der Waals surface area (Å²) in [6.07, 6.45) is -8.77. The lowest BCUT2D eigenvalue weighted by Crippen LogP contribution is -2.52. The van der Waals surface area contributed by atoms with Crippen LogP contribution in [-0.2, 0) is 19.9 Å². The van der Waals surface area contributed by atoms with E-state index in [1.807, 2.05) is 30.3 Å². The Morgan fingerprint density at radius 2 is 1.48 bits per heavy atom. The quantitative estimate of drug-likeness (QED) is 0.223. The molecular weight excluding hydrogens is 609 g/mol. The molecule has 4 aromatic rings. The molecule has 2 heterocycles.